The smallest absolute Gasteiger partial charge is 0.225 e. The summed E-state index contributed by atoms with van der Waals surface area (Å²) in [4.78, 5) is 13.2. The van der Waals surface area contributed by atoms with Gasteiger partial charge in [-0.15, -0.1) is 0 Å². The van der Waals surface area contributed by atoms with E-state index in [0.29, 0.717) is 25.7 Å². The second-order valence-electron chi connectivity index (χ2n) is 3.04. The lowest BCUT2D eigenvalue weighted by molar-refractivity contribution is -0.131. The van der Waals surface area contributed by atoms with E-state index in [1.807, 2.05) is 32.6 Å². The van der Waals surface area contributed by atoms with Gasteiger partial charge in [0.05, 0.1) is 19.6 Å². The van der Waals surface area contributed by atoms with Crippen LogP contribution in [0.4, 0.5) is 0 Å². The first-order chi connectivity index (χ1) is 6.22. The van der Waals surface area contributed by atoms with Gasteiger partial charge in [0.1, 0.15) is 0 Å². The summed E-state index contributed by atoms with van der Waals surface area (Å²) in [6.45, 7) is 10.1. The van der Waals surface area contributed by atoms with Crippen molar-refractivity contribution >= 4 is 5.91 Å². The lowest BCUT2D eigenvalue weighted by Crippen LogP contribution is -2.37. The van der Waals surface area contributed by atoms with Crippen molar-refractivity contribution in [3.05, 3.63) is 0 Å². The van der Waals surface area contributed by atoms with Gasteiger partial charge < -0.3 is 9.64 Å². The lowest BCUT2D eigenvalue weighted by atomic mass is 10.3. The fourth-order valence-electron chi connectivity index (χ4n) is 1.24. The van der Waals surface area contributed by atoms with E-state index in [1.165, 1.54) is 0 Å². The molecule has 3 heteroatoms. The maximum atomic E-state index is 11.3. The number of carbonyl (C=O) groups excluding carboxylic acids is 1. The Morgan fingerprint density at radius 1 is 1.31 bits per heavy atom. The van der Waals surface area contributed by atoms with Crippen molar-refractivity contribution in [1.29, 1.82) is 0 Å². The zero-order valence-electron chi connectivity index (χ0n) is 9.17. The van der Waals surface area contributed by atoms with Crippen molar-refractivity contribution in [3.8, 4) is 0 Å². The van der Waals surface area contributed by atoms with Crippen LogP contribution in [0.25, 0.3) is 0 Å². The number of ether oxygens (including phenoxy) is 1. The Hall–Kier alpha value is -0.570. The van der Waals surface area contributed by atoms with Crippen molar-refractivity contribution in [3.63, 3.8) is 0 Å². The molecule has 0 aromatic heterocycles. The Morgan fingerprint density at radius 2 is 1.92 bits per heavy atom. The van der Waals surface area contributed by atoms with Gasteiger partial charge >= 0.3 is 0 Å². The van der Waals surface area contributed by atoms with Crippen LogP contribution in [0.15, 0.2) is 0 Å². The summed E-state index contributed by atoms with van der Waals surface area (Å²) in [5, 5.41) is 0. The predicted octanol–water partition coefficient (Wildman–Crippen LogP) is 1.67. The minimum atomic E-state index is 0.220. The summed E-state index contributed by atoms with van der Waals surface area (Å²) >= 11 is 0. The SMILES string of the molecule is CC.CC(C)N1CCOCCC1=O. The van der Waals surface area contributed by atoms with Gasteiger partial charge in [0, 0.05) is 12.6 Å². The van der Waals surface area contributed by atoms with Crippen LogP contribution in [0, 0.1) is 0 Å². The predicted molar refractivity (Wildman–Crippen MR) is 53.6 cm³/mol. The van der Waals surface area contributed by atoms with Crippen LogP contribution in [-0.4, -0.2) is 36.6 Å². The summed E-state index contributed by atoms with van der Waals surface area (Å²) < 4.78 is 5.18. The first-order valence-corrected chi connectivity index (χ1v) is 5.09. The molecular formula is C10H21NO2. The highest BCUT2D eigenvalue weighted by atomic mass is 16.5. The molecule has 0 spiro atoms. The molecule has 1 heterocycles. The van der Waals surface area contributed by atoms with Crippen molar-refractivity contribution in [1.82, 2.24) is 4.90 Å². The minimum absolute atomic E-state index is 0.220. The first-order valence-electron chi connectivity index (χ1n) is 5.09. The second-order valence-corrected chi connectivity index (χ2v) is 3.04. The Kier molecular flexibility index (Phi) is 6.59. The van der Waals surface area contributed by atoms with Crippen molar-refractivity contribution < 1.29 is 9.53 Å². The van der Waals surface area contributed by atoms with Gasteiger partial charge in [-0.2, -0.15) is 0 Å². The van der Waals surface area contributed by atoms with Crippen LogP contribution in [0.1, 0.15) is 34.1 Å². The zero-order valence-corrected chi connectivity index (χ0v) is 9.17. The summed E-state index contributed by atoms with van der Waals surface area (Å²) in [6, 6.07) is 0.309. The second kappa shape index (κ2) is 6.89. The molecule has 1 aliphatic heterocycles. The molecule has 1 rings (SSSR count). The molecule has 1 saturated heterocycles. The van der Waals surface area contributed by atoms with Crippen LogP contribution >= 0.6 is 0 Å². The van der Waals surface area contributed by atoms with Crippen LogP contribution in [0.2, 0.25) is 0 Å². The topological polar surface area (TPSA) is 29.5 Å². The average molecular weight is 187 g/mol. The highest BCUT2D eigenvalue weighted by molar-refractivity contribution is 5.76. The molecule has 0 unspecified atom stereocenters. The summed E-state index contributed by atoms with van der Waals surface area (Å²) in [6.07, 6.45) is 0.540. The number of hydrogen-bond acceptors (Lipinski definition) is 2. The number of carbonyl (C=O) groups is 1. The molecule has 0 bridgehead atoms. The minimum Gasteiger partial charge on any atom is -0.379 e. The highest BCUT2D eigenvalue weighted by Crippen LogP contribution is 2.05. The fraction of sp³-hybridized carbons (Fsp3) is 0.900. The normalized spacial score (nSPS) is 17.9. The van der Waals surface area contributed by atoms with E-state index in [4.69, 9.17) is 4.74 Å². The molecule has 0 saturated carbocycles. The van der Waals surface area contributed by atoms with E-state index in [2.05, 4.69) is 0 Å². The van der Waals surface area contributed by atoms with Crippen LogP contribution < -0.4 is 0 Å². The monoisotopic (exact) mass is 187 g/mol. The Morgan fingerprint density at radius 3 is 2.46 bits per heavy atom. The van der Waals surface area contributed by atoms with E-state index in [9.17, 15) is 4.79 Å². The average Bonchev–Trinajstić information content (AvgIpc) is 2.33. The molecule has 1 amide bonds. The molecule has 0 radical (unpaired) electrons. The third-order valence-electron chi connectivity index (χ3n) is 1.88. The highest BCUT2D eigenvalue weighted by Gasteiger charge is 2.18. The Labute approximate surface area is 81.1 Å². The van der Waals surface area contributed by atoms with Gasteiger partial charge in [-0.05, 0) is 13.8 Å². The standard InChI is InChI=1S/C8H15NO2.C2H6/c1-7(2)9-4-6-11-5-3-8(9)10;1-2/h7H,3-6H2,1-2H3;1-2H3. The quantitative estimate of drug-likeness (QED) is 0.625. The molecule has 3 nitrogen and oxygen atoms in total. The summed E-state index contributed by atoms with van der Waals surface area (Å²) in [5.41, 5.74) is 0. The van der Waals surface area contributed by atoms with Gasteiger partial charge in [0.15, 0.2) is 0 Å². The van der Waals surface area contributed by atoms with Crippen LogP contribution in [0.5, 0.6) is 0 Å². The maximum absolute atomic E-state index is 11.3. The van der Waals surface area contributed by atoms with Crippen LogP contribution in [0.3, 0.4) is 0 Å². The van der Waals surface area contributed by atoms with Gasteiger partial charge in [-0.1, -0.05) is 13.8 Å². The molecule has 0 aliphatic carbocycles. The number of nitrogens with zero attached hydrogens (tertiary/aromatic N) is 1. The van der Waals surface area contributed by atoms with Gasteiger partial charge in [0.25, 0.3) is 0 Å². The first kappa shape index (κ1) is 12.4. The van der Waals surface area contributed by atoms with Crippen molar-refractivity contribution in [2.24, 2.45) is 0 Å². The molecule has 1 fully saturated rings. The van der Waals surface area contributed by atoms with Gasteiger partial charge in [-0.3, -0.25) is 4.79 Å². The van der Waals surface area contributed by atoms with Crippen molar-refractivity contribution in [2.45, 2.75) is 40.2 Å². The maximum Gasteiger partial charge on any atom is 0.225 e. The number of rotatable bonds is 1. The molecular weight excluding hydrogens is 166 g/mol. The molecule has 0 aromatic rings. The molecule has 0 N–H and O–H groups in total. The Bertz CT molecular complexity index is 146. The van der Waals surface area contributed by atoms with Crippen molar-refractivity contribution in [2.75, 3.05) is 19.8 Å². The van der Waals surface area contributed by atoms with Gasteiger partial charge in [-0.25, -0.2) is 0 Å². The summed E-state index contributed by atoms with van der Waals surface area (Å²) in [7, 11) is 0. The number of hydrogen-bond donors (Lipinski definition) is 0. The van der Waals surface area contributed by atoms with Crippen LogP contribution in [-0.2, 0) is 9.53 Å². The van der Waals surface area contributed by atoms with E-state index < -0.39 is 0 Å². The third kappa shape index (κ3) is 4.27. The van der Waals surface area contributed by atoms with E-state index in [1.54, 1.807) is 0 Å². The Balaban J connectivity index is 0.000000671. The fourth-order valence-corrected chi connectivity index (χ4v) is 1.24. The molecule has 0 aromatic carbocycles. The van der Waals surface area contributed by atoms with E-state index >= 15 is 0 Å². The molecule has 1 aliphatic rings. The molecule has 78 valence electrons. The lowest BCUT2D eigenvalue weighted by Gasteiger charge is -2.23. The number of amides is 1. The third-order valence-corrected chi connectivity index (χ3v) is 1.88. The molecule has 0 atom stereocenters. The van der Waals surface area contributed by atoms with Gasteiger partial charge in [0.2, 0.25) is 5.91 Å². The largest absolute Gasteiger partial charge is 0.379 e. The zero-order chi connectivity index (χ0) is 10.3. The molecule has 13 heavy (non-hydrogen) atoms. The summed E-state index contributed by atoms with van der Waals surface area (Å²) in [5.74, 6) is 0.220. The van der Waals surface area contributed by atoms with E-state index in [-0.39, 0.29) is 5.91 Å². The van der Waals surface area contributed by atoms with E-state index in [0.717, 1.165) is 6.54 Å².